The maximum atomic E-state index is 11.1. The molecule has 0 aliphatic heterocycles. The van der Waals surface area contributed by atoms with E-state index in [1.54, 1.807) is 24.3 Å². The van der Waals surface area contributed by atoms with E-state index in [9.17, 15) is 14.9 Å². The molecule has 1 heterocycles. The van der Waals surface area contributed by atoms with Crippen LogP contribution in [0.5, 0.6) is 0 Å². The topological polar surface area (TPSA) is 106 Å². The Hall–Kier alpha value is -2.67. The number of benzene rings is 1. The van der Waals surface area contributed by atoms with Crippen LogP contribution in [-0.4, -0.2) is 22.0 Å². The lowest BCUT2D eigenvalue weighted by atomic mass is 10.1. The van der Waals surface area contributed by atoms with Gasteiger partial charge in [-0.05, 0) is 18.1 Å². The van der Waals surface area contributed by atoms with Gasteiger partial charge in [0, 0.05) is 17.7 Å². The second-order valence-electron chi connectivity index (χ2n) is 5.51. The van der Waals surface area contributed by atoms with Crippen LogP contribution in [0.4, 0.5) is 5.69 Å². The SMILES string of the molecule is CC(C)[C@H](NCc1ccc(-c2cccc([N+](=O)[O-])c2)o1)C(=O)O. The Labute approximate surface area is 133 Å². The number of nitro benzene ring substituents is 1. The molecule has 0 saturated carbocycles. The Morgan fingerprint density at radius 1 is 1.35 bits per heavy atom. The molecule has 0 amide bonds. The summed E-state index contributed by atoms with van der Waals surface area (Å²) in [6, 6.07) is 8.92. The first-order valence-electron chi connectivity index (χ1n) is 7.18. The van der Waals surface area contributed by atoms with Crippen molar-refractivity contribution in [3.05, 3.63) is 52.3 Å². The molecule has 0 saturated heterocycles. The molecule has 122 valence electrons. The van der Waals surface area contributed by atoms with Gasteiger partial charge in [0.2, 0.25) is 0 Å². The third-order valence-corrected chi connectivity index (χ3v) is 3.43. The fraction of sp³-hybridized carbons (Fsp3) is 0.312. The normalized spacial score (nSPS) is 12.3. The maximum absolute atomic E-state index is 11.1. The number of nitrogens with zero attached hydrogens (tertiary/aromatic N) is 1. The third kappa shape index (κ3) is 4.17. The van der Waals surface area contributed by atoms with Crippen molar-refractivity contribution in [2.75, 3.05) is 0 Å². The number of carbonyl (C=O) groups is 1. The van der Waals surface area contributed by atoms with Crippen LogP contribution in [0, 0.1) is 16.0 Å². The number of aliphatic carboxylic acids is 1. The highest BCUT2D eigenvalue weighted by Gasteiger charge is 2.21. The summed E-state index contributed by atoms with van der Waals surface area (Å²) in [4.78, 5) is 21.5. The van der Waals surface area contributed by atoms with Crippen molar-refractivity contribution in [3.63, 3.8) is 0 Å². The molecule has 1 atom stereocenters. The largest absolute Gasteiger partial charge is 0.480 e. The Kier molecular flexibility index (Phi) is 5.13. The van der Waals surface area contributed by atoms with E-state index in [2.05, 4.69) is 5.32 Å². The second-order valence-corrected chi connectivity index (χ2v) is 5.51. The summed E-state index contributed by atoms with van der Waals surface area (Å²) >= 11 is 0. The van der Waals surface area contributed by atoms with Crippen molar-refractivity contribution in [1.82, 2.24) is 5.32 Å². The van der Waals surface area contributed by atoms with Gasteiger partial charge < -0.3 is 9.52 Å². The van der Waals surface area contributed by atoms with Gasteiger partial charge in [0.1, 0.15) is 17.6 Å². The lowest BCUT2D eigenvalue weighted by Gasteiger charge is -2.16. The molecule has 7 heteroatoms. The smallest absolute Gasteiger partial charge is 0.320 e. The van der Waals surface area contributed by atoms with E-state index >= 15 is 0 Å². The molecule has 0 unspecified atom stereocenters. The minimum Gasteiger partial charge on any atom is -0.480 e. The zero-order chi connectivity index (χ0) is 17.0. The molecular formula is C16H18N2O5. The van der Waals surface area contributed by atoms with Crippen LogP contribution in [0.3, 0.4) is 0 Å². The van der Waals surface area contributed by atoms with Gasteiger partial charge in [-0.25, -0.2) is 0 Å². The summed E-state index contributed by atoms with van der Waals surface area (Å²) in [7, 11) is 0. The van der Waals surface area contributed by atoms with E-state index in [1.165, 1.54) is 12.1 Å². The van der Waals surface area contributed by atoms with E-state index in [0.717, 1.165) is 0 Å². The van der Waals surface area contributed by atoms with Crippen molar-refractivity contribution in [3.8, 4) is 11.3 Å². The van der Waals surface area contributed by atoms with Crippen molar-refractivity contribution in [2.45, 2.75) is 26.4 Å². The van der Waals surface area contributed by atoms with E-state index in [4.69, 9.17) is 9.52 Å². The molecule has 0 spiro atoms. The van der Waals surface area contributed by atoms with Crippen LogP contribution in [0.2, 0.25) is 0 Å². The van der Waals surface area contributed by atoms with Gasteiger partial charge in [0.05, 0.1) is 11.5 Å². The molecule has 7 nitrogen and oxygen atoms in total. The lowest BCUT2D eigenvalue weighted by Crippen LogP contribution is -2.40. The number of non-ortho nitro benzene ring substituents is 1. The van der Waals surface area contributed by atoms with Crippen molar-refractivity contribution >= 4 is 11.7 Å². The van der Waals surface area contributed by atoms with Gasteiger partial charge in [0.25, 0.3) is 5.69 Å². The Bertz CT molecular complexity index is 708. The number of carboxylic acids is 1. The van der Waals surface area contributed by atoms with Gasteiger partial charge >= 0.3 is 5.97 Å². The van der Waals surface area contributed by atoms with Gasteiger partial charge in [-0.2, -0.15) is 0 Å². The molecular weight excluding hydrogens is 300 g/mol. The highest BCUT2D eigenvalue weighted by atomic mass is 16.6. The molecule has 0 aliphatic rings. The fourth-order valence-electron chi connectivity index (χ4n) is 2.22. The summed E-state index contributed by atoms with van der Waals surface area (Å²) in [5, 5.41) is 22.9. The van der Waals surface area contributed by atoms with Crippen LogP contribution < -0.4 is 5.32 Å². The average Bonchev–Trinajstić information content (AvgIpc) is 2.95. The second kappa shape index (κ2) is 7.06. The first-order valence-corrected chi connectivity index (χ1v) is 7.18. The molecule has 0 radical (unpaired) electrons. The first-order chi connectivity index (χ1) is 10.9. The Balaban J connectivity index is 2.10. The van der Waals surface area contributed by atoms with Crippen LogP contribution in [0.25, 0.3) is 11.3 Å². The van der Waals surface area contributed by atoms with Crippen LogP contribution in [-0.2, 0) is 11.3 Å². The summed E-state index contributed by atoms with van der Waals surface area (Å²) in [5.41, 5.74) is 0.591. The number of hydrogen-bond donors (Lipinski definition) is 2. The minimum atomic E-state index is -0.912. The Morgan fingerprint density at radius 2 is 2.09 bits per heavy atom. The van der Waals surface area contributed by atoms with E-state index in [1.807, 2.05) is 13.8 Å². The molecule has 2 N–H and O–H groups in total. The number of furan rings is 1. The quantitative estimate of drug-likeness (QED) is 0.600. The lowest BCUT2D eigenvalue weighted by molar-refractivity contribution is -0.384. The average molecular weight is 318 g/mol. The van der Waals surface area contributed by atoms with Crippen LogP contribution in [0.15, 0.2) is 40.8 Å². The van der Waals surface area contributed by atoms with Gasteiger partial charge in [-0.15, -0.1) is 0 Å². The predicted molar refractivity (Wildman–Crippen MR) is 83.9 cm³/mol. The number of nitrogens with one attached hydrogen (secondary N) is 1. The van der Waals surface area contributed by atoms with Gasteiger partial charge in [-0.1, -0.05) is 26.0 Å². The van der Waals surface area contributed by atoms with Crippen molar-refractivity contribution < 1.29 is 19.2 Å². The van der Waals surface area contributed by atoms with Crippen molar-refractivity contribution in [2.24, 2.45) is 5.92 Å². The standard InChI is InChI=1S/C16H18N2O5/c1-10(2)15(16(19)20)17-9-13-6-7-14(23-13)11-4-3-5-12(8-11)18(21)22/h3-8,10,15,17H,9H2,1-2H3,(H,19,20)/t15-/m0/s1. The molecule has 23 heavy (non-hydrogen) atoms. The Morgan fingerprint density at radius 3 is 2.70 bits per heavy atom. The highest BCUT2D eigenvalue weighted by Crippen LogP contribution is 2.25. The highest BCUT2D eigenvalue weighted by molar-refractivity contribution is 5.73. The summed E-state index contributed by atoms with van der Waals surface area (Å²) in [6.07, 6.45) is 0. The zero-order valence-corrected chi connectivity index (χ0v) is 12.9. The summed E-state index contributed by atoms with van der Waals surface area (Å²) in [5.74, 6) is 0.101. The minimum absolute atomic E-state index is 0.00989. The molecule has 0 bridgehead atoms. The van der Waals surface area contributed by atoms with Crippen molar-refractivity contribution in [1.29, 1.82) is 0 Å². The predicted octanol–water partition coefficient (Wildman–Crippen LogP) is 3.05. The van der Waals surface area contributed by atoms with E-state index < -0.39 is 16.9 Å². The van der Waals surface area contributed by atoms with E-state index in [0.29, 0.717) is 17.1 Å². The maximum Gasteiger partial charge on any atom is 0.320 e. The van der Waals surface area contributed by atoms with Crippen LogP contribution >= 0.6 is 0 Å². The molecule has 1 aromatic carbocycles. The number of hydrogen-bond acceptors (Lipinski definition) is 5. The van der Waals surface area contributed by atoms with Crippen LogP contribution in [0.1, 0.15) is 19.6 Å². The fourth-order valence-corrected chi connectivity index (χ4v) is 2.22. The third-order valence-electron chi connectivity index (χ3n) is 3.43. The number of rotatable bonds is 7. The molecule has 0 fully saturated rings. The van der Waals surface area contributed by atoms with Gasteiger partial charge in [0.15, 0.2) is 0 Å². The van der Waals surface area contributed by atoms with Gasteiger partial charge in [-0.3, -0.25) is 20.2 Å². The summed E-state index contributed by atoms with van der Waals surface area (Å²) in [6.45, 7) is 3.91. The first kappa shape index (κ1) is 16.7. The zero-order valence-electron chi connectivity index (χ0n) is 12.9. The summed E-state index contributed by atoms with van der Waals surface area (Å²) < 4.78 is 5.64. The molecule has 2 aromatic rings. The van der Waals surface area contributed by atoms with E-state index in [-0.39, 0.29) is 18.2 Å². The number of nitro groups is 1. The molecule has 0 aliphatic carbocycles. The number of carboxylic acid groups (broad SMARTS) is 1. The molecule has 2 rings (SSSR count). The monoisotopic (exact) mass is 318 g/mol. The molecule has 1 aromatic heterocycles.